The molecule has 0 bridgehead atoms. The summed E-state index contributed by atoms with van der Waals surface area (Å²) in [6, 6.07) is 0. The summed E-state index contributed by atoms with van der Waals surface area (Å²) in [4.78, 5) is 37.1. The molecule has 0 aliphatic carbocycles. The normalized spacial score (nSPS) is 11.6. The minimum atomic E-state index is -0.667. The van der Waals surface area contributed by atoms with Gasteiger partial charge in [0, 0.05) is 31.6 Å². The molecular formula is C46H84O7. The van der Waals surface area contributed by atoms with Crippen molar-refractivity contribution in [3.63, 3.8) is 0 Å². The molecule has 0 aliphatic rings. The van der Waals surface area contributed by atoms with Crippen LogP contribution in [-0.2, 0) is 28.5 Å². The van der Waals surface area contributed by atoms with E-state index in [4.69, 9.17) is 18.9 Å². The van der Waals surface area contributed by atoms with Gasteiger partial charge in [-0.1, -0.05) is 150 Å². The Kier molecular flexibility index (Phi) is 39.2. The largest absolute Gasteiger partial charge is 0.508 e. The molecule has 0 amide bonds. The average molecular weight is 749 g/mol. The third kappa shape index (κ3) is 37.9. The van der Waals surface area contributed by atoms with E-state index in [1.807, 2.05) is 6.92 Å². The first-order valence-corrected chi connectivity index (χ1v) is 22.6. The molecule has 0 radical (unpaired) electrons. The number of esters is 2. The molecule has 0 aliphatic heterocycles. The zero-order chi connectivity index (χ0) is 38.9. The molecule has 0 N–H and O–H groups in total. The van der Waals surface area contributed by atoms with Crippen molar-refractivity contribution in [2.45, 2.75) is 239 Å². The van der Waals surface area contributed by atoms with Crippen molar-refractivity contribution in [2.75, 3.05) is 19.8 Å². The highest BCUT2D eigenvalue weighted by atomic mass is 16.7. The first kappa shape index (κ1) is 50.8. The van der Waals surface area contributed by atoms with Crippen LogP contribution in [0.1, 0.15) is 233 Å². The molecule has 0 fully saturated rings. The molecule has 53 heavy (non-hydrogen) atoms. The van der Waals surface area contributed by atoms with E-state index >= 15 is 0 Å². The van der Waals surface area contributed by atoms with Gasteiger partial charge < -0.3 is 18.9 Å². The molecule has 0 saturated carbocycles. The van der Waals surface area contributed by atoms with Crippen LogP contribution in [0.25, 0.3) is 0 Å². The molecular weight excluding hydrogens is 664 g/mol. The maximum atomic E-state index is 12.6. The van der Waals surface area contributed by atoms with E-state index in [0.717, 1.165) is 64.2 Å². The van der Waals surface area contributed by atoms with Crippen molar-refractivity contribution in [2.24, 2.45) is 5.92 Å². The van der Waals surface area contributed by atoms with Crippen LogP contribution in [0.5, 0.6) is 0 Å². The summed E-state index contributed by atoms with van der Waals surface area (Å²) >= 11 is 0. The lowest BCUT2D eigenvalue weighted by Crippen LogP contribution is -2.21. The molecule has 0 heterocycles. The highest BCUT2D eigenvalue weighted by molar-refractivity contribution is 5.72. The van der Waals surface area contributed by atoms with Crippen LogP contribution in [-0.4, -0.2) is 44.0 Å². The van der Waals surface area contributed by atoms with Gasteiger partial charge in [-0.3, -0.25) is 9.59 Å². The molecule has 0 aromatic rings. The molecule has 0 aromatic heterocycles. The fourth-order valence-corrected chi connectivity index (χ4v) is 6.33. The lowest BCUT2D eigenvalue weighted by atomic mass is 10.0. The Morgan fingerprint density at radius 1 is 0.453 bits per heavy atom. The number of hydrogen-bond acceptors (Lipinski definition) is 7. The summed E-state index contributed by atoms with van der Waals surface area (Å²) in [7, 11) is 0. The standard InChI is InChI=1S/C46H84O7/c1-5-9-12-15-18-19-20-21-22-23-24-25-26-27-30-33-39-50-46(49)52-41-42(8-4)40-51-44(47)37-34-38-45(48)53-43(35-31-28-16-13-10-6-2)36-32-29-17-14-11-7-3/h42-43H,5-20,23-41H2,1-4H3. The van der Waals surface area contributed by atoms with Crippen LogP contribution >= 0.6 is 0 Å². The first-order chi connectivity index (χ1) is 26.0. The number of ether oxygens (including phenoxy) is 4. The van der Waals surface area contributed by atoms with Crippen LogP contribution in [0.3, 0.4) is 0 Å². The lowest BCUT2D eigenvalue weighted by molar-refractivity contribution is -0.150. The van der Waals surface area contributed by atoms with E-state index in [2.05, 4.69) is 32.6 Å². The van der Waals surface area contributed by atoms with Crippen LogP contribution < -0.4 is 0 Å². The van der Waals surface area contributed by atoms with Gasteiger partial charge in [0.25, 0.3) is 0 Å². The van der Waals surface area contributed by atoms with E-state index in [1.165, 1.54) is 116 Å². The Labute approximate surface area is 327 Å². The maximum absolute atomic E-state index is 12.6. The Morgan fingerprint density at radius 2 is 0.887 bits per heavy atom. The summed E-state index contributed by atoms with van der Waals surface area (Å²) in [5.41, 5.74) is 0. The molecule has 0 aromatic carbocycles. The van der Waals surface area contributed by atoms with Gasteiger partial charge in [-0.25, -0.2) is 4.79 Å². The molecule has 0 rings (SSSR count). The number of unbranched alkanes of at least 4 members (excludes halogenated alkanes) is 22. The van der Waals surface area contributed by atoms with Gasteiger partial charge in [0.05, 0.1) is 13.2 Å². The van der Waals surface area contributed by atoms with Crippen molar-refractivity contribution in [3.8, 4) is 11.8 Å². The second-order valence-electron chi connectivity index (χ2n) is 15.2. The molecule has 0 spiro atoms. The number of carbonyl (C=O) groups is 3. The van der Waals surface area contributed by atoms with Crippen molar-refractivity contribution >= 4 is 18.1 Å². The van der Waals surface area contributed by atoms with Gasteiger partial charge in [0.2, 0.25) is 0 Å². The predicted octanol–water partition coefficient (Wildman–Crippen LogP) is 13.8. The highest BCUT2D eigenvalue weighted by Crippen LogP contribution is 2.18. The molecule has 1 atom stereocenters. The van der Waals surface area contributed by atoms with E-state index in [1.54, 1.807) is 0 Å². The average Bonchev–Trinajstić information content (AvgIpc) is 3.15. The monoisotopic (exact) mass is 749 g/mol. The van der Waals surface area contributed by atoms with Gasteiger partial charge in [0.1, 0.15) is 12.7 Å². The molecule has 7 heteroatoms. The van der Waals surface area contributed by atoms with Crippen molar-refractivity contribution in [1.29, 1.82) is 0 Å². The molecule has 0 saturated heterocycles. The zero-order valence-corrected chi connectivity index (χ0v) is 35.3. The smallest absolute Gasteiger partial charge is 0.465 e. The second kappa shape index (κ2) is 40.9. The predicted molar refractivity (Wildman–Crippen MR) is 220 cm³/mol. The van der Waals surface area contributed by atoms with Crippen LogP contribution in [0.4, 0.5) is 4.79 Å². The van der Waals surface area contributed by atoms with Crippen molar-refractivity contribution in [3.05, 3.63) is 0 Å². The zero-order valence-electron chi connectivity index (χ0n) is 35.3. The van der Waals surface area contributed by atoms with E-state index in [9.17, 15) is 14.4 Å². The second-order valence-corrected chi connectivity index (χ2v) is 15.2. The molecule has 7 nitrogen and oxygen atoms in total. The maximum Gasteiger partial charge on any atom is 0.508 e. The minimum Gasteiger partial charge on any atom is -0.465 e. The summed E-state index contributed by atoms with van der Waals surface area (Å²) < 4.78 is 21.9. The summed E-state index contributed by atoms with van der Waals surface area (Å²) in [5, 5.41) is 0. The molecule has 310 valence electrons. The Hall–Kier alpha value is -2.23. The van der Waals surface area contributed by atoms with E-state index in [0.29, 0.717) is 19.4 Å². The summed E-state index contributed by atoms with van der Waals surface area (Å²) in [6.45, 7) is 9.37. The van der Waals surface area contributed by atoms with Gasteiger partial charge in [0.15, 0.2) is 0 Å². The minimum absolute atomic E-state index is 0.0196. The van der Waals surface area contributed by atoms with Crippen molar-refractivity contribution < 1.29 is 33.3 Å². The highest BCUT2D eigenvalue weighted by Gasteiger charge is 2.17. The Morgan fingerprint density at radius 3 is 1.40 bits per heavy atom. The third-order valence-corrected chi connectivity index (χ3v) is 10.0. The van der Waals surface area contributed by atoms with Gasteiger partial charge in [-0.2, -0.15) is 0 Å². The van der Waals surface area contributed by atoms with E-state index < -0.39 is 6.16 Å². The van der Waals surface area contributed by atoms with Gasteiger partial charge in [-0.15, -0.1) is 11.8 Å². The number of carbonyl (C=O) groups excluding carboxylic acids is 3. The molecule has 1 unspecified atom stereocenters. The van der Waals surface area contributed by atoms with Gasteiger partial charge in [-0.05, 0) is 57.8 Å². The fraction of sp³-hybridized carbons (Fsp3) is 0.891. The van der Waals surface area contributed by atoms with Crippen LogP contribution in [0.2, 0.25) is 0 Å². The van der Waals surface area contributed by atoms with Crippen molar-refractivity contribution in [1.82, 2.24) is 0 Å². The fourth-order valence-electron chi connectivity index (χ4n) is 6.33. The van der Waals surface area contributed by atoms with Gasteiger partial charge >= 0.3 is 18.1 Å². The quantitative estimate of drug-likeness (QED) is 0.0269. The summed E-state index contributed by atoms with van der Waals surface area (Å²) in [6.07, 6.45) is 33.9. The van der Waals surface area contributed by atoms with Crippen LogP contribution in [0.15, 0.2) is 0 Å². The van der Waals surface area contributed by atoms with Crippen LogP contribution in [0, 0.1) is 17.8 Å². The Balaban J connectivity index is 4.00. The number of rotatable bonds is 38. The third-order valence-electron chi connectivity index (χ3n) is 10.0. The Bertz CT molecular complexity index is 876. The SMILES string of the molecule is CCCCCCCCC#CCCCCCCCCOC(=O)OCC(CC)COC(=O)CCCC(=O)OC(CCCCCCCC)CCCCCCCC. The van der Waals surface area contributed by atoms with E-state index in [-0.39, 0.29) is 50.0 Å². The summed E-state index contributed by atoms with van der Waals surface area (Å²) in [5.74, 6) is 6.00. The number of hydrogen-bond donors (Lipinski definition) is 0. The topological polar surface area (TPSA) is 88.1 Å². The lowest BCUT2D eigenvalue weighted by Gasteiger charge is -2.18. The first-order valence-electron chi connectivity index (χ1n) is 22.6.